The van der Waals surface area contributed by atoms with Crippen LogP contribution in [0.5, 0.6) is 0 Å². The van der Waals surface area contributed by atoms with Crippen molar-refractivity contribution >= 4 is 5.97 Å². The number of carbonyl (C=O) groups is 1. The summed E-state index contributed by atoms with van der Waals surface area (Å²) in [4.78, 5) is 16.8. The van der Waals surface area contributed by atoms with Crippen LogP contribution in [-0.2, 0) is 9.53 Å². The van der Waals surface area contributed by atoms with E-state index < -0.39 is 18.1 Å². The molecule has 0 unspecified atom stereocenters. The molecule has 0 N–H and O–H groups in total. The average Bonchev–Trinajstić information content (AvgIpc) is 2.43. The van der Waals surface area contributed by atoms with Gasteiger partial charge in [-0.15, -0.1) is 0 Å². The number of rotatable bonds is 5. The standard InChI is InChI=1S/C10H10N6O2/c1-18-10(17)9(14-16-12)8(13-15-11)7-5-3-2-4-6-7/h2-6,8-9H,1H3/t8-,9-/m1/s1. The number of ether oxygens (including phenoxy) is 1. The van der Waals surface area contributed by atoms with Gasteiger partial charge < -0.3 is 4.74 Å². The molecule has 8 nitrogen and oxygen atoms in total. The first-order valence-corrected chi connectivity index (χ1v) is 4.95. The summed E-state index contributed by atoms with van der Waals surface area (Å²) in [5.74, 6) is -0.756. The van der Waals surface area contributed by atoms with Gasteiger partial charge in [0.25, 0.3) is 0 Å². The molecule has 1 rings (SSSR count). The summed E-state index contributed by atoms with van der Waals surface area (Å²) in [6.45, 7) is 0. The highest BCUT2D eigenvalue weighted by Crippen LogP contribution is 2.24. The molecule has 0 bridgehead atoms. The zero-order chi connectivity index (χ0) is 13.4. The van der Waals surface area contributed by atoms with Gasteiger partial charge >= 0.3 is 5.97 Å². The SMILES string of the molecule is COC(=O)[C@H](N=[N+]=[N-])[C@H](N=[N+]=[N-])c1ccccc1. The Balaban J connectivity index is 3.21. The van der Waals surface area contributed by atoms with E-state index >= 15 is 0 Å². The molecule has 8 heteroatoms. The molecule has 0 amide bonds. The van der Waals surface area contributed by atoms with Gasteiger partial charge in [-0.25, -0.2) is 0 Å². The maximum Gasteiger partial charge on any atom is 0.315 e. The number of hydrogen-bond donors (Lipinski definition) is 0. The summed E-state index contributed by atoms with van der Waals surface area (Å²) < 4.78 is 4.53. The number of esters is 1. The van der Waals surface area contributed by atoms with Gasteiger partial charge in [0, 0.05) is 9.82 Å². The largest absolute Gasteiger partial charge is 0.469 e. The third kappa shape index (κ3) is 3.15. The fourth-order valence-electron chi connectivity index (χ4n) is 1.43. The van der Waals surface area contributed by atoms with Gasteiger partial charge in [0.1, 0.15) is 6.04 Å². The van der Waals surface area contributed by atoms with E-state index in [1.807, 2.05) is 0 Å². The number of hydrogen-bond acceptors (Lipinski definition) is 4. The third-order valence-corrected chi connectivity index (χ3v) is 2.23. The summed E-state index contributed by atoms with van der Waals surface area (Å²) in [6.07, 6.45) is 0. The van der Waals surface area contributed by atoms with Gasteiger partial charge in [0.2, 0.25) is 0 Å². The van der Waals surface area contributed by atoms with E-state index in [0.717, 1.165) is 0 Å². The Labute approximate surface area is 102 Å². The highest BCUT2D eigenvalue weighted by molar-refractivity contribution is 5.77. The molecule has 92 valence electrons. The lowest BCUT2D eigenvalue weighted by molar-refractivity contribution is -0.142. The quantitative estimate of drug-likeness (QED) is 0.343. The van der Waals surface area contributed by atoms with Gasteiger partial charge in [-0.05, 0) is 16.6 Å². The van der Waals surface area contributed by atoms with Crippen LogP contribution in [0.1, 0.15) is 11.6 Å². The fourth-order valence-corrected chi connectivity index (χ4v) is 1.43. The van der Waals surface area contributed by atoms with Crippen molar-refractivity contribution in [3.63, 3.8) is 0 Å². The summed E-state index contributed by atoms with van der Waals surface area (Å²) in [5.41, 5.74) is 17.6. The van der Waals surface area contributed by atoms with E-state index in [2.05, 4.69) is 24.8 Å². The molecule has 0 aliphatic rings. The Bertz CT molecular complexity index is 504. The molecule has 0 spiro atoms. The monoisotopic (exact) mass is 246 g/mol. The average molecular weight is 246 g/mol. The van der Waals surface area contributed by atoms with E-state index in [4.69, 9.17) is 11.1 Å². The fraction of sp³-hybridized carbons (Fsp3) is 0.300. The zero-order valence-electron chi connectivity index (χ0n) is 9.54. The smallest absolute Gasteiger partial charge is 0.315 e. The topological polar surface area (TPSA) is 124 Å². The second-order valence-electron chi connectivity index (χ2n) is 3.23. The van der Waals surface area contributed by atoms with Crippen molar-refractivity contribution in [1.29, 1.82) is 0 Å². The Morgan fingerprint density at radius 2 is 1.83 bits per heavy atom. The van der Waals surface area contributed by atoms with E-state index in [-0.39, 0.29) is 0 Å². The molecule has 0 aliphatic carbocycles. The number of azide groups is 2. The van der Waals surface area contributed by atoms with Crippen molar-refractivity contribution < 1.29 is 9.53 Å². The first kappa shape index (κ1) is 13.4. The predicted octanol–water partition coefficient (Wildman–Crippen LogP) is 2.89. The van der Waals surface area contributed by atoms with Gasteiger partial charge in [0.05, 0.1) is 13.2 Å². The lowest BCUT2D eigenvalue weighted by Crippen LogP contribution is -2.26. The first-order chi connectivity index (χ1) is 8.74. The molecule has 0 fully saturated rings. The molecule has 0 saturated heterocycles. The maximum atomic E-state index is 11.5. The van der Waals surface area contributed by atoms with E-state index in [9.17, 15) is 4.79 Å². The van der Waals surface area contributed by atoms with Crippen molar-refractivity contribution in [3.05, 3.63) is 56.8 Å². The number of methoxy groups -OCH3 is 1. The minimum absolute atomic E-state index is 0.568. The minimum Gasteiger partial charge on any atom is -0.469 e. The normalized spacial score (nSPS) is 12.5. The van der Waals surface area contributed by atoms with Crippen molar-refractivity contribution in [3.8, 4) is 0 Å². The lowest BCUT2D eigenvalue weighted by atomic mass is 10.0. The summed E-state index contributed by atoms with van der Waals surface area (Å²) >= 11 is 0. The van der Waals surface area contributed by atoms with Crippen LogP contribution in [0.4, 0.5) is 0 Å². The van der Waals surface area contributed by atoms with Crippen LogP contribution in [0.25, 0.3) is 20.9 Å². The van der Waals surface area contributed by atoms with Crippen LogP contribution >= 0.6 is 0 Å². The van der Waals surface area contributed by atoms with Gasteiger partial charge in [0.15, 0.2) is 0 Å². The van der Waals surface area contributed by atoms with Crippen LogP contribution in [0, 0.1) is 0 Å². The summed E-state index contributed by atoms with van der Waals surface area (Å²) in [5, 5.41) is 6.83. The lowest BCUT2D eigenvalue weighted by Gasteiger charge is -2.16. The Morgan fingerprint density at radius 3 is 2.33 bits per heavy atom. The second-order valence-corrected chi connectivity index (χ2v) is 3.23. The molecule has 0 radical (unpaired) electrons. The van der Waals surface area contributed by atoms with Crippen molar-refractivity contribution in [2.45, 2.75) is 12.1 Å². The molecule has 0 aromatic heterocycles. The van der Waals surface area contributed by atoms with E-state index in [1.54, 1.807) is 30.3 Å². The molecule has 0 aliphatic heterocycles. The van der Waals surface area contributed by atoms with Gasteiger partial charge in [-0.2, -0.15) is 0 Å². The molecular formula is C10H10N6O2. The summed E-state index contributed by atoms with van der Waals surface area (Å²) in [7, 11) is 1.17. The molecule has 1 aromatic carbocycles. The molecular weight excluding hydrogens is 236 g/mol. The Morgan fingerprint density at radius 1 is 1.22 bits per heavy atom. The Kier molecular flexibility index (Phi) is 5.05. The highest BCUT2D eigenvalue weighted by Gasteiger charge is 2.28. The molecule has 1 aromatic rings. The number of nitrogens with zero attached hydrogens (tertiary/aromatic N) is 6. The zero-order valence-corrected chi connectivity index (χ0v) is 9.54. The highest BCUT2D eigenvalue weighted by atomic mass is 16.5. The molecule has 2 atom stereocenters. The van der Waals surface area contributed by atoms with Gasteiger partial charge in [-0.3, -0.25) is 4.79 Å². The van der Waals surface area contributed by atoms with Crippen LogP contribution in [-0.4, -0.2) is 19.1 Å². The molecule has 18 heavy (non-hydrogen) atoms. The van der Waals surface area contributed by atoms with Crippen molar-refractivity contribution in [2.75, 3.05) is 7.11 Å². The first-order valence-electron chi connectivity index (χ1n) is 4.95. The Hall–Kier alpha value is -2.69. The summed E-state index contributed by atoms with van der Waals surface area (Å²) in [6, 6.07) is 6.40. The minimum atomic E-state index is -1.22. The van der Waals surface area contributed by atoms with Gasteiger partial charge in [-0.1, -0.05) is 40.6 Å². The van der Waals surface area contributed by atoms with Crippen LogP contribution in [0.15, 0.2) is 40.6 Å². The predicted molar refractivity (Wildman–Crippen MR) is 63.3 cm³/mol. The number of benzene rings is 1. The second kappa shape index (κ2) is 6.80. The third-order valence-electron chi connectivity index (χ3n) is 2.23. The van der Waals surface area contributed by atoms with Crippen LogP contribution < -0.4 is 0 Å². The number of carbonyl (C=O) groups excluding carboxylic acids is 1. The molecule has 0 saturated carbocycles. The van der Waals surface area contributed by atoms with Crippen LogP contribution in [0.3, 0.4) is 0 Å². The van der Waals surface area contributed by atoms with E-state index in [0.29, 0.717) is 5.56 Å². The van der Waals surface area contributed by atoms with E-state index in [1.165, 1.54) is 7.11 Å². The maximum absolute atomic E-state index is 11.5. The molecule has 0 heterocycles. The van der Waals surface area contributed by atoms with Crippen LogP contribution in [0.2, 0.25) is 0 Å². The van der Waals surface area contributed by atoms with Crippen molar-refractivity contribution in [1.82, 2.24) is 0 Å². The van der Waals surface area contributed by atoms with Crippen molar-refractivity contribution in [2.24, 2.45) is 10.2 Å².